The van der Waals surface area contributed by atoms with E-state index in [9.17, 15) is 0 Å². The second-order valence-corrected chi connectivity index (χ2v) is 5.57. The van der Waals surface area contributed by atoms with Gasteiger partial charge in [-0.1, -0.05) is 29.5 Å². The van der Waals surface area contributed by atoms with Crippen molar-refractivity contribution in [1.29, 1.82) is 10.5 Å². The van der Waals surface area contributed by atoms with E-state index >= 15 is 0 Å². The molecule has 22 heavy (non-hydrogen) atoms. The van der Waals surface area contributed by atoms with Crippen LogP contribution in [0, 0.1) is 29.6 Å². The molecule has 0 aliphatic carbocycles. The lowest BCUT2D eigenvalue weighted by molar-refractivity contribution is 0.912. The Balaban J connectivity index is 2.30. The maximum absolute atomic E-state index is 8.86. The highest BCUT2D eigenvalue weighted by molar-refractivity contribution is 7.99. The molecule has 1 aromatic carbocycles. The summed E-state index contributed by atoms with van der Waals surface area (Å²) in [5.74, 6) is 0.410. The van der Waals surface area contributed by atoms with Gasteiger partial charge in [0.15, 0.2) is 5.82 Å². The number of benzene rings is 1. The number of aryl methyl sites for hydroxylation is 1. The molecule has 2 aromatic rings. The average Bonchev–Trinajstić information content (AvgIpc) is 2.51. The summed E-state index contributed by atoms with van der Waals surface area (Å²) in [6.07, 6.45) is 1.39. The van der Waals surface area contributed by atoms with E-state index in [0.717, 1.165) is 4.90 Å². The lowest BCUT2D eigenvalue weighted by Crippen LogP contribution is -2.26. The minimum Gasteiger partial charge on any atom is -0.394 e. The van der Waals surface area contributed by atoms with Crippen molar-refractivity contribution < 1.29 is 0 Å². The average molecular weight is 310 g/mol. The molecule has 0 bridgehead atoms. The fraction of sp³-hybridized carbons (Fsp3) is 0.200. The molecule has 2 N–H and O–H groups in total. The molecule has 1 heterocycles. The molecule has 0 unspecified atom stereocenters. The van der Waals surface area contributed by atoms with Crippen LogP contribution in [0.2, 0.25) is 0 Å². The smallest absolute Gasteiger partial charge is 0.158 e. The van der Waals surface area contributed by atoms with E-state index in [1.54, 1.807) is 0 Å². The van der Waals surface area contributed by atoms with Gasteiger partial charge in [0, 0.05) is 4.90 Å². The predicted octanol–water partition coefficient (Wildman–Crippen LogP) is 2.37. The van der Waals surface area contributed by atoms with Gasteiger partial charge in [-0.2, -0.15) is 10.5 Å². The fourth-order valence-corrected chi connectivity index (χ4v) is 2.59. The lowest BCUT2D eigenvalue weighted by atomic mass is 10.2. The van der Waals surface area contributed by atoms with Crippen LogP contribution in [0.4, 0.5) is 11.5 Å². The number of nitriles is 2. The largest absolute Gasteiger partial charge is 0.394 e. The minimum absolute atomic E-state index is 0.0451. The molecular weight excluding hydrogens is 296 g/mol. The van der Waals surface area contributed by atoms with E-state index in [-0.39, 0.29) is 13.1 Å². The van der Waals surface area contributed by atoms with Crippen molar-refractivity contribution in [3.05, 3.63) is 36.2 Å². The summed E-state index contributed by atoms with van der Waals surface area (Å²) in [5, 5.41) is 18.3. The highest BCUT2D eigenvalue weighted by Gasteiger charge is 2.15. The van der Waals surface area contributed by atoms with Crippen LogP contribution >= 0.6 is 11.8 Å². The zero-order valence-electron chi connectivity index (χ0n) is 12.0. The summed E-state index contributed by atoms with van der Waals surface area (Å²) in [7, 11) is 0. The first-order valence-corrected chi connectivity index (χ1v) is 7.31. The van der Waals surface area contributed by atoms with Gasteiger partial charge in [0.1, 0.15) is 30.1 Å². The fourth-order valence-electron chi connectivity index (χ4n) is 1.80. The number of nitrogen functional groups attached to an aromatic ring is 1. The monoisotopic (exact) mass is 310 g/mol. The second-order valence-electron chi connectivity index (χ2n) is 4.50. The molecule has 7 heteroatoms. The van der Waals surface area contributed by atoms with Crippen molar-refractivity contribution in [3.8, 4) is 12.1 Å². The third kappa shape index (κ3) is 3.66. The number of hydrogen-bond donors (Lipinski definition) is 1. The summed E-state index contributed by atoms with van der Waals surface area (Å²) in [6, 6.07) is 12.0. The molecular formula is C15H14N6S. The minimum atomic E-state index is 0.0451. The van der Waals surface area contributed by atoms with Gasteiger partial charge in [-0.3, -0.25) is 0 Å². The van der Waals surface area contributed by atoms with Gasteiger partial charge in [0.2, 0.25) is 0 Å². The molecule has 0 spiro atoms. The Labute approximate surface area is 133 Å². The van der Waals surface area contributed by atoms with Crippen molar-refractivity contribution >= 4 is 23.3 Å². The van der Waals surface area contributed by atoms with Gasteiger partial charge in [-0.15, -0.1) is 0 Å². The summed E-state index contributed by atoms with van der Waals surface area (Å²) in [6.45, 7) is 2.11. The summed E-state index contributed by atoms with van der Waals surface area (Å²) in [5.41, 5.74) is 7.67. The van der Waals surface area contributed by atoms with E-state index in [2.05, 4.69) is 9.97 Å². The molecule has 0 amide bonds. The molecule has 0 aliphatic rings. The van der Waals surface area contributed by atoms with Crippen LogP contribution in [0.5, 0.6) is 0 Å². The number of hydrogen-bond acceptors (Lipinski definition) is 7. The lowest BCUT2D eigenvalue weighted by Gasteiger charge is -2.19. The van der Waals surface area contributed by atoms with E-state index in [1.807, 2.05) is 43.3 Å². The Morgan fingerprint density at radius 1 is 1.14 bits per heavy atom. The summed E-state index contributed by atoms with van der Waals surface area (Å²) >= 11 is 1.42. The van der Waals surface area contributed by atoms with Gasteiger partial charge in [-0.25, -0.2) is 9.97 Å². The van der Waals surface area contributed by atoms with Crippen LogP contribution in [0.1, 0.15) is 5.56 Å². The normalized spacial score (nSPS) is 9.77. The van der Waals surface area contributed by atoms with E-state index in [1.165, 1.54) is 28.6 Å². The van der Waals surface area contributed by atoms with E-state index in [0.29, 0.717) is 16.5 Å². The Kier molecular flexibility index (Phi) is 5.18. The van der Waals surface area contributed by atoms with Gasteiger partial charge in [0.25, 0.3) is 0 Å². The van der Waals surface area contributed by atoms with Gasteiger partial charge in [0.05, 0.1) is 12.1 Å². The Bertz CT molecular complexity index is 713. The van der Waals surface area contributed by atoms with Crippen LogP contribution < -0.4 is 10.6 Å². The van der Waals surface area contributed by atoms with Crippen LogP contribution in [-0.4, -0.2) is 23.1 Å². The van der Waals surface area contributed by atoms with Crippen molar-refractivity contribution in [2.24, 2.45) is 0 Å². The zero-order chi connectivity index (χ0) is 15.9. The summed E-state index contributed by atoms with van der Waals surface area (Å²) < 4.78 is 0. The summed E-state index contributed by atoms with van der Waals surface area (Å²) in [4.78, 5) is 10.8. The van der Waals surface area contributed by atoms with Gasteiger partial charge < -0.3 is 10.6 Å². The van der Waals surface area contributed by atoms with E-state index in [4.69, 9.17) is 16.3 Å². The first-order valence-electron chi connectivity index (χ1n) is 6.49. The SMILES string of the molecule is Cc1ccc(Sc2ncnc(N(CC#N)CC#N)c2N)cc1. The molecule has 0 fully saturated rings. The first kappa shape index (κ1) is 15.6. The molecule has 2 rings (SSSR count). The van der Waals surface area contributed by atoms with Gasteiger partial charge >= 0.3 is 0 Å². The van der Waals surface area contributed by atoms with Crippen LogP contribution in [0.15, 0.2) is 40.5 Å². The molecule has 6 nitrogen and oxygen atoms in total. The van der Waals surface area contributed by atoms with Crippen molar-refractivity contribution in [2.45, 2.75) is 16.8 Å². The van der Waals surface area contributed by atoms with Crippen molar-refractivity contribution in [3.63, 3.8) is 0 Å². The molecule has 110 valence electrons. The quantitative estimate of drug-likeness (QED) is 0.668. The number of aromatic nitrogens is 2. The predicted molar refractivity (Wildman–Crippen MR) is 85.2 cm³/mol. The third-order valence-electron chi connectivity index (χ3n) is 2.88. The van der Waals surface area contributed by atoms with Crippen LogP contribution in [0.25, 0.3) is 0 Å². The maximum Gasteiger partial charge on any atom is 0.158 e. The van der Waals surface area contributed by atoms with E-state index < -0.39 is 0 Å². The molecule has 0 saturated carbocycles. The Morgan fingerprint density at radius 2 is 1.77 bits per heavy atom. The van der Waals surface area contributed by atoms with Gasteiger partial charge in [-0.05, 0) is 19.1 Å². The Hall–Kier alpha value is -2.77. The molecule has 0 aliphatic heterocycles. The standard InChI is InChI=1S/C15H14N6S/c1-11-2-4-12(5-3-11)22-15-13(18)14(19-10-20-15)21(8-6-16)9-7-17/h2-5,10H,8-9,18H2,1H3. The Morgan fingerprint density at radius 3 is 2.36 bits per heavy atom. The molecule has 0 atom stereocenters. The highest BCUT2D eigenvalue weighted by atomic mass is 32.2. The van der Waals surface area contributed by atoms with Crippen LogP contribution in [0.3, 0.4) is 0 Å². The number of rotatable bonds is 5. The number of nitrogens with zero attached hydrogens (tertiary/aromatic N) is 5. The third-order valence-corrected chi connectivity index (χ3v) is 3.91. The van der Waals surface area contributed by atoms with Crippen molar-refractivity contribution in [1.82, 2.24) is 9.97 Å². The maximum atomic E-state index is 8.86. The highest BCUT2D eigenvalue weighted by Crippen LogP contribution is 2.34. The van der Waals surface area contributed by atoms with Crippen LogP contribution in [-0.2, 0) is 0 Å². The molecule has 0 radical (unpaired) electrons. The molecule has 1 aromatic heterocycles. The first-order chi connectivity index (χ1) is 10.7. The van der Waals surface area contributed by atoms with Crippen molar-refractivity contribution in [2.75, 3.05) is 23.7 Å². The number of nitrogens with two attached hydrogens (primary N) is 1. The molecule has 0 saturated heterocycles. The zero-order valence-corrected chi connectivity index (χ0v) is 12.8. The topological polar surface area (TPSA) is 103 Å². The number of anilines is 2. The second kappa shape index (κ2) is 7.30.